The van der Waals surface area contributed by atoms with Gasteiger partial charge >= 0.3 is 5.97 Å². The molecule has 0 spiro atoms. The number of carbonyl (C=O) groups is 1. The first-order chi connectivity index (χ1) is 10.4. The summed E-state index contributed by atoms with van der Waals surface area (Å²) in [6.45, 7) is 5.37. The number of esters is 1. The molecule has 114 valence electrons. The van der Waals surface area contributed by atoms with Gasteiger partial charge in [-0.3, -0.25) is 4.79 Å². The molecule has 1 atom stereocenters. The van der Waals surface area contributed by atoms with Gasteiger partial charge in [-0.2, -0.15) is 0 Å². The summed E-state index contributed by atoms with van der Waals surface area (Å²) >= 11 is 0. The molecule has 22 heavy (non-hydrogen) atoms. The Hall–Kier alpha value is -2.33. The van der Waals surface area contributed by atoms with Crippen molar-refractivity contribution in [1.82, 2.24) is 0 Å². The van der Waals surface area contributed by atoms with Crippen molar-refractivity contribution in [1.29, 1.82) is 0 Å². The summed E-state index contributed by atoms with van der Waals surface area (Å²) in [6, 6.07) is 7.36. The van der Waals surface area contributed by atoms with Gasteiger partial charge in [-0.1, -0.05) is 29.8 Å². The van der Waals surface area contributed by atoms with Crippen LogP contribution in [0.25, 0.3) is 0 Å². The second-order valence-corrected chi connectivity index (χ2v) is 5.86. The number of aromatic hydroxyl groups is 1. The highest BCUT2D eigenvalue weighted by molar-refractivity contribution is 5.90. The third-order valence-corrected chi connectivity index (χ3v) is 4.11. The number of hydrogen-bond donors (Lipinski definition) is 2. The highest BCUT2D eigenvalue weighted by Gasteiger charge is 2.36. The van der Waals surface area contributed by atoms with Gasteiger partial charge in [0, 0.05) is 11.1 Å². The van der Waals surface area contributed by atoms with E-state index in [0.717, 1.165) is 27.8 Å². The Balaban J connectivity index is 2.19. The first kappa shape index (κ1) is 14.6. The molecule has 1 heterocycles. The maximum atomic E-state index is 12.4. The molecule has 1 unspecified atom stereocenters. The predicted octanol–water partition coefficient (Wildman–Crippen LogP) is 2.86. The molecule has 4 heteroatoms. The van der Waals surface area contributed by atoms with Crippen molar-refractivity contribution in [3.05, 3.63) is 57.6 Å². The van der Waals surface area contributed by atoms with E-state index >= 15 is 0 Å². The van der Waals surface area contributed by atoms with Gasteiger partial charge in [0.1, 0.15) is 17.4 Å². The van der Waals surface area contributed by atoms with Crippen LogP contribution in [0, 0.1) is 20.8 Å². The molecule has 0 saturated carbocycles. The first-order valence-electron chi connectivity index (χ1n) is 7.18. The molecule has 1 aliphatic heterocycles. The van der Waals surface area contributed by atoms with E-state index < -0.39 is 5.92 Å². The zero-order valence-electron chi connectivity index (χ0n) is 12.8. The number of phenols is 1. The van der Waals surface area contributed by atoms with Crippen LogP contribution in [0.2, 0.25) is 0 Å². The second kappa shape index (κ2) is 5.14. The molecule has 4 nitrogen and oxygen atoms in total. The highest BCUT2D eigenvalue weighted by atomic mass is 16.5. The molecule has 0 saturated heterocycles. The van der Waals surface area contributed by atoms with Gasteiger partial charge in [-0.25, -0.2) is 0 Å². The zero-order valence-corrected chi connectivity index (χ0v) is 12.8. The standard InChI is InChI=1S/C18H18O4/c1-9-4-13(8-19)17-14(5-9)15(18(21)22-17)12-6-10(2)16(20)11(3)7-12/h4-7,15,19-20H,8H2,1-3H3. The zero-order chi connectivity index (χ0) is 16.0. The van der Waals surface area contributed by atoms with Crippen LogP contribution < -0.4 is 4.74 Å². The smallest absolute Gasteiger partial charge is 0.323 e. The number of benzene rings is 2. The lowest BCUT2D eigenvalue weighted by molar-refractivity contribution is -0.133. The van der Waals surface area contributed by atoms with Crippen LogP contribution >= 0.6 is 0 Å². The van der Waals surface area contributed by atoms with Crippen molar-refractivity contribution in [2.24, 2.45) is 0 Å². The fourth-order valence-electron chi connectivity index (χ4n) is 3.09. The molecule has 0 aliphatic carbocycles. The van der Waals surface area contributed by atoms with E-state index in [9.17, 15) is 15.0 Å². The Morgan fingerprint density at radius 1 is 1.09 bits per heavy atom. The summed E-state index contributed by atoms with van der Waals surface area (Å²) in [5.74, 6) is -0.153. The number of hydrogen-bond acceptors (Lipinski definition) is 4. The van der Waals surface area contributed by atoms with Crippen LogP contribution in [0.1, 0.15) is 39.3 Å². The van der Waals surface area contributed by atoms with Crippen LogP contribution in [-0.2, 0) is 11.4 Å². The third-order valence-electron chi connectivity index (χ3n) is 4.11. The van der Waals surface area contributed by atoms with Crippen molar-refractivity contribution >= 4 is 5.97 Å². The molecule has 2 aromatic carbocycles. The Kier molecular flexibility index (Phi) is 3.41. The topological polar surface area (TPSA) is 66.8 Å². The molecule has 0 bridgehead atoms. The number of fused-ring (bicyclic) bond motifs is 1. The van der Waals surface area contributed by atoms with Crippen molar-refractivity contribution < 1.29 is 19.7 Å². The largest absolute Gasteiger partial charge is 0.507 e. The highest BCUT2D eigenvalue weighted by Crippen LogP contribution is 2.43. The van der Waals surface area contributed by atoms with Crippen molar-refractivity contribution in [2.45, 2.75) is 33.3 Å². The second-order valence-electron chi connectivity index (χ2n) is 5.86. The van der Waals surface area contributed by atoms with Gasteiger partial charge < -0.3 is 14.9 Å². The van der Waals surface area contributed by atoms with Gasteiger partial charge in [0.05, 0.1) is 6.61 Å². The summed E-state index contributed by atoms with van der Waals surface area (Å²) in [6.07, 6.45) is 0. The lowest BCUT2D eigenvalue weighted by Crippen LogP contribution is -2.12. The Bertz CT molecular complexity index is 754. The number of aryl methyl sites for hydroxylation is 3. The number of phenolic OH excluding ortho intramolecular Hbond substituents is 1. The van der Waals surface area contributed by atoms with E-state index in [1.54, 1.807) is 0 Å². The van der Waals surface area contributed by atoms with Crippen LogP contribution in [0.3, 0.4) is 0 Å². The van der Waals surface area contributed by atoms with E-state index in [-0.39, 0.29) is 18.3 Å². The van der Waals surface area contributed by atoms with Crippen LogP contribution in [0.15, 0.2) is 24.3 Å². The third kappa shape index (κ3) is 2.16. The van der Waals surface area contributed by atoms with Crippen molar-refractivity contribution in [2.75, 3.05) is 0 Å². The molecule has 0 radical (unpaired) electrons. The Labute approximate surface area is 129 Å². The lowest BCUT2D eigenvalue weighted by atomic mass is 9.88. The molecule has 2 aromatic rings. The number of rotatable bonds is 2. The quantitative estimate of drug-likeness (QED) is 0.661. The van der Waals surface area contributed by atoms with Gasteiger partial charge in [0.2, 0.25) is 0 Å². The normalized spacial score (nSPS) is 16.5. The van der Waals surface area contributed by atoms with Crippen LogP contribution in [0.4, 0.5) is 0 Å². The van der Waals surface area contributed by atoms with Gasteiger partial charge in [0.15, 0.2) is 0 Å². The van der Waals surface area contributed by atoms with Crippen LogP contribution in [-0.4, -0.2) is 16.2 Å². The summed E-state index contributed by atoms with van der Waals surface area (Å²) in [7, 11) is 0. The number of ether oxygens (including phenoxy) is 1. The first-order valence-corrected chi connectivity index (χ1v) is 7.18. The summed E-state index contributed by atoms with van der Waals surface area (Å²) in [5.41, 5.74) is 4.62. The minimum atomic E-state index is -0.516. The maximum absolute atomic E-state index is 12.4. The fraction of sp³-hybridized carbons (Fsp3) is 0.278. The molecular weight excluding hydrogens is 280 g/mol. The molecule has 1 aliphatic rings. The average Bonchev–Trinajstić information content (AvgIpc) is 2.79. The van der Waals surface area contributed by atoms with Gasteiger partial charge in [-0.05, 0) is 37.5 Å². The van der Waals surface area contributed by atoms with E-state index in [1.165, 1.54) is 0 Å². The summed E-state index contributed by atoms with van der Waals surface area (Å²) in [4.78, 5) is 12.4. The molecule has 2 N–H and O–H groups in total. The monoisotopic (exact) mass is 298 g/mol. The molecular formula is C18H18O4. The summed E-state index contributed by atoms with van der Waals surface area (Å²) in [5, 5.41) is 19.4. The average molecular weight is 298 g/mol. The predicted molar refractivity (Wildman–Crippen MR) is 82.2 cm³/mol. The van der Waals surface area contributed by atoms with Crippen molar-refractivity contribution in [3.8, 4) is 11.5 Å². The minimum Gasteiger partial charge on any atom is -0.507 e. The van der Waals surface area contributed by atoms with E-state index in [4.69, 9.17) is 4.74 Å². The van der Waals surface area contributed by atoms with E-state index in [2.05, 4.69) is 0 Å². The SMILES string of the molecule is Cc1cc(CO)c2c(c1)C(c1cc(C)c(O)c(C)c1)C(=O)O2. The fourth-order valence-corrected chi connectivity index (χ4v) is 3.09. The van der Waals surface area contributed by atoms with Crippen LogP contribution in [0.5, 0.6) is 11.5 Å². The molecule has 0 amide bonds. The van der Waals surface area contributed by atoms with E-state index in [1.807, 2.05) is 45.0 Å². The number of aliphatic hydroxyl groups excluding tert-OH is 1. The maximum Gasteiger partial charge on any atom is 0.323 e. The van der Waals surface area contributed by atoms with E-state index in [0.29, 0.717) is 11.3 Å². The Morgan fingerprint density at radius 3 is 2.32 bits per heavy atom. The Morgan fingerprint density at radius 2 is 1.73 bits per heavy atom. The molecule has 0 aromatic heterocycles. The number of aliphatic hydroxyl groups is 1. The molecule has 0 fully saturated rings. The minimum absolute atomic E-state index is 0.169. The lowest BCUT2D eigenvalue weighted by Gasteiger charge is -2.13. The van der Waals surface area contributed by atoms with Crippen molar-refractivity contribution in [3.63, 3.8) is 0 Å². The van der Waals surface area contributed by atoms with Gasteiger partial charge in [-0.15, -0.1) is 0 Å². The molecule has 3 rings (SSSR count). The van der Waals surface area contributed by atoms with Gasteiger partial charge in [0.25, 0.3) is 0 Å². The summed E-state index contributed by atoms with van der Waals surface area (Å²) < 4.78 is 5.40. The number of carbonyl (C=O) groups excluding carboxylic acids is 1.